The maximum atomic E-state index is 4.66. The van der Waals surface area contributed by atoms with Crippen molar-refractivity contribution in [1.82, 2.24) is 29.4 Å². The number of rotatable bonds is 8. The topological polar surface area (TPSA) is 51.8 Å². The van der Waals surface area contributed by atoms with Gasteiger partial charge in [0.25, 0.3) is 0 Å². The van der Waals surface area contributed by atoms with Gasteiger partial charge < -0.3 is 4.57 Å². The molecular formula is C23H36N6S. The third kappa shape index (κ3) is 5.17. The van der Waals surface area contributed by atoms with Crippen LogP contribution in [0.2, 0.25) is 0 Å². The van der Waals surface area contributed by atoms with Crippen LogP contribution in [0.15, 0.2) is 24.0 Å². The molecule has 2 fully saturated rings. The quantitative estimate of drug-likeness (QED) is 0.456. The Kier molecular flexibility index (Phi) is 7.31. The van der Waals surface area contributed by atoms with E-state index in [-0.39, 0.29) is 0 Å². The molecule has 0 aromatic carbocycles. The van der Waals surface area contributed by atoms with Crippen LogP contribution in [0.5, 0.6) is 0 Å². The fourth-order valence-corrected chi connectivity index (χ4v) is 6.09. The van der Waals surface area contributed by atoms with Crippen molar-refractivity contribution in [3.05, 3.63) is 35.9 Å². The number of hydrogen-bond acceptors (Lipinski definition) is 5. The number of nitrogens with zero attached hydrogens (tertiary/aromatic N) is 6. The van der Waals surface area contributed by atoms with E-state index < -0.39 is 0 Å². The number of piperidine rings is 1. The molecule has 0 bridgehead atoms. The van der Waals surface area contributed by atoms with Gasteiger partial charge in [0.15, 0.2) is 5.16 Å². The van der Waals surface area contributed by atoms with Crippen LogP contribution in [0, 0.1) is 12.8 Å². The van der Waals surface area contributed by atoms with Crippen LogP contribution in [-0.2, 0) is 20.1 Å². The van der Waals surface area contributed by atoms with Crippen molar-refractivity contribution in [2.45, 2.75) is 76.0 Å². The Balaban J connectivity index is 1.36. The summed E-state index contributed by atoms with van der Waals surface area (Å²) in [6.07, 6.45) is 13.4. The minimum absolute atomic E-state index is 0.493. The summed E-state index contributed by atoms with van der Waals surface area (Å²) in [4.78, 5) is 2.55. The van der Waals surface area contributed by atoms with E-state index >= 15 is 0 Å². The highest BCUT2D eigenvalue weighted by molar-refractivity contribution is 7.99. The Hall–Kier alpha value is -1.60. The molecule has 3 heterocycles. The second kappa shape index (κ2) is 10.1. The zero-order valence-electron chi connectivity index (χ0n) is 18.6. The predicted molar refractivity (Wildman–Crippen MR) is 123 cm³/mol. The molecule has 4 rings (SSSR count). The maximum absolute atomic E-state index is 4.66. The molecule has 0 radical (unpaired) electrons. The first-order valence-corrected chi connectivity index (χ1v) is 12.5. The third-order valence-electron chi connectivity index (χ3n) is 6.69. The Morgan fingerprint density at radius 3 is 2.57 bits per heavy atom. The summed E-state index contributed by atoms with van der Waals surface area (Å²) in [6, 6.07) is 0. The van der Waals surface area contributed by atoms with Gasteiger partial charge in [0, 0.05) is 43.6 Å². The second-order valence-electron chi connectivity index (χ2n) is 9.02. The van der Waals surface area contributed by atoms with Crippen molar-refractivity contribution in [2.24, 2.45) is 13.0 Å². The molecule has 7 heteroatoms. The van der Waals surface area contributed by atoms with Gasteiger partial charge >= 0.3 is 0 Å². The van der Waals surface area contributed by atoms with Crippen LogP contribution < -0.4 is 0 Å². The van der Waals surface area contributed by atoms with Gasteiger partial charge in [-0.1, -0.05) is 37.1 Å². The molecule has 0 amide bonds. The monoisotopic (exact) mass is 428 g/mol. The van der Waals surface area contributed by atoms with Gasteiger partial charge in [-0.25, -0.2) is 0 Å². The SMILES string of the molecule is C=CCn1c(SCC2CCCCC2)nnc1C1CCN(Cc2cn(C)nc2C)CC1. The number of likely N-dealkylation sites (tertiary alicyclic amines) is 1. The molecule has 0 atom stereocenters. The Morgan fingerprint density at radius 2 is 1.90 bits per heavy atom. The summed E-state index contributed by atoms with van der Waals surface area (Å²) in [6.45, 7) is 10.1. The molecule has 2 aromatic heterocycles. The lowest BCUT2D eigenvalue weighted by Gasteiger charge is -2.31. The summed E-state index contributed by atoms with van der Waals surface area (Å²) in [5.41, 5.74) is 2.48. The Labute approximate surface area is 185 Å². The molecule has 30 heavy (non-hydrogen) atoms. The van der Waals surface area contributed by atoms with Crippen molar-refractivity contribution < 1.29 is 0 Å². The zero-order chi connectivity index (χ0) is 20.9. The summed E-state index contributed by atoms with van der Waals surface area (Å²) < 4.78 is 4.24. The Morgan fingerprint density at radius 1 is 1.13 bits per heavy atom. The smallest absolute Gasteiger partial charge is 0.191 e. The minimum atomic E-state index is 0.493. The summed E-state index contributed by atoms with van der Waals surface area (Å²) in [5.74, 6) is 3.68. The lowest BCUT2D eigenvalue weighted by Crippen LogP contribution is -2.33. The number of allylic oxidation sites excluding steroid dienone is 1. The van der Waals surface area contributed by atoms with Crippen LogP contribution in [0.25, 0.3) is 0 Å². The van der Waals surface area contributed by atoms with E-state index in [1.807, 2.05) is 29.6 Å². The lowest BCUT2D eigenvalue weighted by atomic mass is 9.91. The standard InChI is InChI=1S/C23H36N6S/c1-4-12-29-22(24-25-23(29)30-17-19-8-6-5-7-9-19)20-10-13-28(14-11-20)16-21-15-27(3)26-18(21)2/h4,15,19-20H,1,5-14,16-17H2,2-3H3. The van der Waals surface area contributed by atoms with E-state index in [4.69, 9.17) is 0 Å². The van der Waals surface area contributed by atoms with E-state index in [0.717, 1.165) is 55.8 Å². The highest BCUT2D eigenvalue weighted by Gasteiger charge is 2.27. The summed E-state index contributed by atoms with van der Waals surface area (Å²) >= 11 is 1.91. The largest absolute Gasteiger partial charge is 0.302 e. The van der Waals surface area contributed by atoms with Crippen molar-refractivity contribution >= 4 is 11.8 Å². The van der Waals surface area contributed by atoms with Crippen molar-refractivity contribution in [1.29, 1.82) is 0 Å². The van der Waals surface area contributed by atoms with Crippen molar-refractivity contribution in [3.63, 3.8) is 0 Å². The van der Waals surface area contributed by atoms with Gasteiger partial charge in [0.05, 0.1) is 5.69 Å². The third-order valence-corrected chi connectivity index (χ3v) is 7.89. The van der Waals surface area contributed by atoms with Gasteiger partial charge in [0.2, 0.25) is 0 Å². The van der Waals surface area contributed by atoms with E-state index in [2.05, 4.69) is 44.5 Å². The second-order valence-corrected chi connectivity index (χ2v) is 10.0. The van der Waals surface area contributed by atoms with Gasteiger partial charge in [-0.15, -0.1) is 16.8 Å². The average Bonchev–Trinajstić information content (AvgIpc) is 3.30. The molecular weight excluding hydrogens is 392 g/mol. The molecule has 6 nitrogen and oxygen atoms in total. The number of aryl methyl sites for hydroxylation is 2. The van der Waals surface area contributed by atoms with E-state index in [9.17, 15) is 0 Å². The van der Waals surface area contributed by atoms with Crippen molar-refractivity contribution in [2.75, 3.05) is 18.8 Å². The molecule has 0 N–H and O–H groups in total. The van der Waals surface area contributed by atoms with Crippen molar-refractivity contribution in [3.8, 4) is 0 Å². The van der Waals surface area contributed by atoms with Gasteiger partial charge in [-0.05, 0) is 51.6 Å². The molecule has 164 valence electrons. The lowest BCUT2D eigenvalue weighted by molar-refractivity contribution is 0.199. The average molecular weight is 429 g/mol. The fraction of sp³-hybridized carbons (Fsp3) is 0.696. The predicted octanol–water partition coefficient (Wildman–Crippen LogP) is 4.56. The van der Waals surface area contributed by atoms with Crippen LogP contribution in [0.3, 0.4) is 0 Å². The Bertz CT molecular complexity index is 827. The van der Waals surface area contributed by atoms with Crippen LogP contribution in [-0.4, -0.2) is 48.3 Å². The summed E-state index contributed by atoms with van der Waals surface area (Å²) in [5, 5.41) is 14.8. The van der Waals surface area contributed by atoms with E-state index in [0.29, 0.717) is 5.92 Å². The highest BCUT2D eigenvalue weighted by atomic mass is 32.2. The van der Waals surface area contributed by atoms with Gasteiger partial charge in [-0.3, -0.25) is 9.58 Å². The molecule has 1 aliphatic carbocycles. The molecule has 0 spiro atoms. The van der Waals surface area contributed by atoms with Crippen LogP contribution in [0.4, 0.5) is 0 Å². The highest BCUT2D eigenvalue weighted by Crippen LogP contribution is 2.33. The number of thioether (sulfide) groups is 1. The fourth-order valence-electron chi connectivity index (χ4n) is 4.95. The number of hydrogen-bond donors (Lipinski definition) is 0. The number of aromatic nitrogens is 5. The molecule has 1 saturated heterocycles. The van der Waals surface area contributed by atoms with E-state index in [1.54, 1.807) is 0 Å². The van der Waals surface area contributed by atoms with Crippen LogP contribution >= 0.6 is 11.8 Å². The maximum Gasteiger partial charge on any atom is 0.191 e. The van der Waals surface area contributed by atoms with Gasteiger partial charge in [-0.2, -0.15) is 5.10 Å². The van der Waals surface area contributed by atoms with E-state index in [1.165, 1.54) is 49.2 Å². The summed E-state index contributed by atoms with van der Waals surface area (Å²) in [7, 11) is 2.00. The first-order valence-electron chi connectivity index (χ1n) is 11.5. The molecule has 1 aliphatic heterocycles. The molecule has 1 saturated carbocycles. The van der Waals surface area contributed by atoms with Gasteiger partial charge in [0.1, 0.15) is 5.82 Å². The molecule has 0 unspecified atom stereocenters. The zero-order valence-corrected chi connectivity index (χ0v) is 19.4. The van der Waals surface area contributed by atoms with Crippen LogP contribution in [0.1, 0.15) is 67.9 Å². The minimum Gasteiger partial charge on any atom is -0.302 e. The molecule has 2 aliphatic rings. The normalized spacial score (nSPS) is 19.4. The first kappa shape index (κ1) is 21.6. The first-order chi connectivity index (χ1) is 14.6. The molecule has 2 aromatic rings.